The van der Waals surface area contributed by atoms with Crippen LogP contribution >= 0.6 is 12.6 Å². The van der Waals surface area contributed by atoms with Gasteiger partial charge in [-0.1, -0.05) is 13.8 Å². The summed E-state index contributed by atoms with van der Waals surface area (Å²) in [5.74, 6) is -4.15. The van der Waals surface area contributed by atoms with Crippen LogP contribution in [0, 0.1) is 5.92 Å². The summed E-state index contributed by atoms with van der Waals surface area (Å²) in [6, 6.07) is -4.74. The number of guanidine groups is 1. The Bertz CT molecular complexity index is 685. The lowest BCUT2D eigenvalue weighted by Gasteiger charge is -2.26. The SMILES string of the molecule is CC(C)C(NC(=O)C(CS)NC(=O)C(NC(=O)C(N)CCCN=C(N)N)C(C)O)C(=O)O. The highest BCUT2D eigenvalue weighted by Gasteiger charge is 2.32. The van der Waals surface area contributed by atoms with Gasteiger partial charge < -0.3 is 43.4 Å². The summed E-state index contributed by atoms with van der Waals surface area (Å²) in [6.07, 6.45) is -0.663. The van der Waals surface area contributed by atoms with E-state index >= 15 is 0 Å². The molecule has 0 aromatic carbocycles. The summed E-state index contributed by atoms with van der Waals surface area (Å²) in [6.45, 7) is 4.79. The molecule has 0 heterocycles. The zero-order chi connectivity index (χ0) is 25.0. The minimum atomic E-state index is -1.40. The third kappa shape index (κ3) is 10.6. The number of aliphatic hydroxyl groups excluding tert-OH is 1. The van der Waals surface area contributed by atoms with E-state index in [9.17, 15) is 29.4 Å². The van der Waals surface area contributed by atoms with Crippen LogP contribution in [0.5, 0.6) is 0 Å². The number of carboxylic acids is 1. The lowest BCUT2D eigenvalue weighted by Crippen LogP contribution is -2.60. The molecule has 0 aromatic rings. The van der Waals surface area contributed by atoms with Crippen molar-refractivity contribution in [2.45, 2.75) is 63.9 Å². The van der Waals surface area contributed by atoms with Gasteiger partial charge in [0, 0.05) is 12.3 Å². The second-order valence-electron chi connectivity index (χ2n) is 7.59. The van der Waals surface area contributed by atoms with Gasteiger partial charge in [-0.05, 0) is 25.7 Å². The Kier molecular flexibility index (Phi) is 13.3. The van der Waals surface area contributed by atoms with Crippen molar-refractivity contribution in [2.75, 3.05) is 12.3 Å². The number of carbonyl (C=O) groups is 4. The van der Waals surface area contributed by atoms with E-state index in [0.717, 1.165) is 0 Å². The van der Waals surface area contributed by atoms with Gasteiger partial charge >= 0.3 is 5.97 Å². The average Bonchev–Trinajstić information content (AvgIpc) is 2.69. The molecule has 0 fully saturated rings. The lowest BCUT2D eigenvalue weighted by molar-refractivity contribution is -0.143. The maximum atomic E-state index is 12.6. The first kappa shape index (κ1) is 29.4. The van der Waals surface area contributed by atoms with Crippen LogP contribution in [0.25, 0.3) is 0 Å². The molecule has 184 valence electrons. The van der Waals surface area contributed by atoms with E-state index in [1.807, 2.05) is 0 Å². The number of rotatable bonds is 14. The first-order valence-corrected chi connectivity index (χ1v) is 10.7. The van der Waals surface area contributed by atoms with Gasteiger partial charge in [-0.15, -0.1) is 0 Å². The minimum Gasteiger partial charge on any atom is -0.480 e. The molecule has 0 bridgehead atoms. The van der Waals surface area contributed by atoms with Crippen LogP contribution in [-0.4, -0.2) is 82.4 Å². The molecule has 5 unspecified atom stereocenters. The van der Waals surface area contributed by atoms with E-state index < -0.39 is 59.9 Å². The highest BCUT2D eigenvalue weighted by atomic mass is 32.1. The Hall–Kier alpha value is -2.58. The quantitative estimate of drug-likeness (QED) is 0.0531. The predicted octanol–water partition coefficient (Wildman–Crippen LogP) is -3.13. The third-order valence-corrected chi connectivity index (χ3v) is 4.78. The van der Waals surface area contributed by atoms with Gasteiger partial charge in [0.05, 0.1) is 12.1 Å². The van der Waals surface area contributed by atoms with E-state index in [-0.39, 0.29) is 24.7 Å². The summed E-state index contributed by atoms with van der Waals surface area (Å²) in [7, 11) is 0. The average molecular weight is 478 g/mol. The largest absolute Gasteiger partial charge is 0.480 e. The number of nitrogens with two attached hydrogens (primary N) is 3. The molecule has 0 rings (SSSR count). The van der Waals surface area contributed by atoms with E-state index in [2.05, 4.69) is 33.6 Å². The number of thiol groups is 1. The summed E-state index contributed by atoms with van der Waals surface area (Å²) in [4.78, 5) is 52.4. The van der Waals surface area contributed by atoms with Crippen molar-refractivity contribution in [3.05, 3.63) is 0 Å². The van der Waals surface area contributed by atoms with Gasteiger partial charge in [0.25, 0.3) is 0 Å². The molecule has 0 aromatic heterocycles. The van der Waals surface area contributed by atoms with E-state index in [1.54, 1.807) is 13.8 Å². The Labute approximate surface area is 192 Å². The number of aliphatic imine (C=N–C) groups is 1. The number of carboxylic acid groups (broad SMARTS) is 1. The highest BCUT2D eigenvalue weighted by Crippen LogP contribution is 2.04. The standard InChI is InChI=1S/C18H35N7O6S/c1-8(2)12(17(30)31)24-15(28)11(7-32)23-16(29)13(9(3)26)25-14(27)10(19)5-4-6-22-18(20)21/h8-13,26,32H,4-7,19H2,1-3H3,(H,23,29)(H,24,28)(H,25,27)(H,30,31)(H4,20,21,22). The zero-order valence-electron chi connectivity index (χ0n) is 18.4. The molecule has 32 heavy (non-hydrogen) atoms. The van der Waals surface area contributed by atoms with Crippen LogP contribution in [0.2, 0.25) is 0 Å². The topological polar surface area (TPSA) is 235 Å². The second-order valence-corrected chi connectivity index (χ2v) is 7.96. The fourth-order valence-electron chi connectivity index (χ4n) is 2.54. The number of amides is 3. The van der Waals surface area contributed by atoms with Gasteiger partial charge in [0.2, 0.25) is 17.7 Å². The molecule has 0 aliphatic rings. The van der Waals surface area contributed by atoms with Crippen LogP contribution in [0.4, 0.5) is 0 Å². The summed E-state index contributed by atoms with van der Waals surface area (Å²) >= 11 is 4.02. The molecular formula is C18H35N7O6S. The van der Waals surface area contributed by atoms with E-state index in [4.69, 9.17) is 17.2 Å². The van der Waals surface area contributed by atoms with Crippen LogP contribution in [-0.2, 0) is 19.2 Å². The molecule has 13 nitrogen and oxygen atoms in total. The Morgan fingerprint density at radius 2 is 1.53 bits per heavy atom. The normalized spacial score (nSPS) is 15.6. The van der Waals surface area contributed by atoms with Gasteiger partial charge in [-0.2, -0.15) is 12.6 Å². The molecule has 0 saturated carbocycles. The number of hydrogen-bond donors (Lipinski definition) is 9. The van der Waals surface area contributed by atoms with Crippen LogP contribution in [0.1, 0.15) is 33.6 Å². The molecule has 14 heteroatoms. The van der Waals surface area contributed by atoms with Crippen LogP contribution in [0.15, 0.2) is 4.99 Å². The molecule has 0 radical (unpaired) electrons. The minimum absolute atomic E-state index is 0.0836. The van der Waals surface area contributed by atoms with E-state index in [1.165, 1.54) is 6.92 Å². The Morgan fingerprint density at radius 1 is 0.969 bits per heavy atom. The predicted molar refractivity (Wildman–Crippen MR) is 122 cm³/mol. The summed E-state index contributed by atoms with van der Waals surface area (Å²) in [5.41, 5.74) is 16.2. The van der Waals surface area contributed by atoms with Crippen molar-refractivity contribution in [2.24, 2.45) is 28.1 Å². The van der Waals surface area contributed by atoms with Crippen molar-refractivity contribution in [1.29, 1.82) is 0 Å². The number of carbonyl (C=O) groups excluding carboxylic acids is 3. The van der Waals surface area contributed by atoms with Crippen LogP contribution in [0.3, 0.4) is 0 Å². The molecule has 3 amide bonds. The fraction of sp³-hybridized carbons (Fsp3) is 0.722. The molecule has 0 spiro atoms. The van der Waals surface area contributed by atoms with Gasteiger partial charge in [-0.3, -0.25) is 19.4 Å². The molecule has 0 saturated heterocycles. The van der Waals surface area contributed by atoms with Crippen molar-refractivity contribution in [1.82, 2.24) is 16.0 Å². The maximum absolute atomic E-state index is 12.6. The van der Waals surface area contributed by atoms with Gasteiger partial charge in [-0.25, -0.2) is 4.79 Å². The van der Waals surface area contributed by atoms with Gasteiger partial charge in [0.15, 0.2) is 5.96 Å². The molecule has 0 aliphatic heterocycles. The molecule has 5 atom stereocenters. The number of hydrogen-bond acceptors (Lipinski definition) is 8. The zero-order valence-corrected chi connectivity index (χ0v) is 19.3. The fourth-order valence-corrected chi connectivity index (χ4v) is 2.80. The summed E-state index contributed by atoms with van der Waals surface area (Å²) in [5, 5.41) is 26.2. The molecular weight excluding hydrogens is 442 g/mol. The smallest absolute Gasteiger partial charge is 0.326 e. The first-order chi connectivity index (χ1) is 14.8. The lowest BCUT2D eigenvalue weighted by atomic mass is 10.0. The third-order valence-electron chi connectivity index (χ3n) is 4.41. The number of nitrogens with one attached hydrogen (secondary N) is 3. The number of aliphatic carboxylic acids is 1. The van der Waals surface area contributed by atoms with Crippen molar-refractivity contribution >= 4 is 42.3 Å². The molecule has 0 aliphatic carbocycles. The van der Waals surface area contributed by atoms with E-state index in [0.29, 0.717) is 6.42 Å². The Balaban J connectivity index is 5.05. The number of aliphatic hydroxyl groups is 1. The molecule has 11 N–H and O–H groups in total. The van der Waals surface area contributed by atoms with Gasteiger partial charge in [0.1, 0.15) is 18.1 Å². The van der Waals surface area contributed by atoms with Crippen molar-refractivity contribution in [3.63, 3.8) is 0 Å². The summed E-state index contributed by atoms with van der Waals surface area (Å²) < 4.78 is 0. The second kappa shape index (κ2) is 14.5. The monoisotopic (exact) mass is 477 g/mol. The Morgan fingerprint density at radius 3 is 1.97 bits per heavy atom. The maximum Gasteiger partial charge on any atom is 0.326 e. The number of nitrogens with zero attached hydrogens (tertiary/aromatic N) is 1. The highest BCUT2D eigenvalue weighted by molar-refractivity contribution is 7.80. The van der Waals surface area contributed by atoms with Crippen molar-refractivity contribution in [3.8, 4) is 0 Å². The first-order valence-electron chi connectivity index (χ1n) is 10.1. The van der Waals surface area contributed by atoms with Crippen LogP contribution < -0.4 is 33.2 Å². The van der Waals surface area contributed by atoms with Crippen molar-refractivity contribution < 1.29 is 29.4 Å².